The van der Waals surface area contributed by atoms with Gasteiger partial charge in [0.15, 0.2) is 0 Å². The molecule has 1 saturated heterocycles. The molecular formula is C28H27N5. The van der Waals surface area contributed by atoms with Crippen LogP contribution >= 0.6 is 0 Å². The first-order valence-electron chi connectivity index (χ1n) is 11.5. The van der Waals surface area contributed by atoms with Crippen molar-refractivity contribution in [2.45, 2.75) is 19.4 Å². The Morgan fingerprint density at radius 3 is 2.48 bits per heavy atom. The largest absolute Gasteiger partial charge is 0.294 e. The van der Waals surface area contributed by atoms with Crippen molar-refractivity contribution in [2.24, 2.45) is 5.10 Å². The first kappa shape index (κ1) is 21.1. The molecule has 2 aliphatic rings. The van der Waals surface area contributed by atoms with Crippen LogP contribution < -0.4 is 0 Å². The molecule has 1 aromatic heterocycles. The summed E-state index contributed by atoms with van der Waals surface area (Å²) in [5.74, 6) is 0. The van der Waals surface area contributed by atoms with Crippen LogP contribution in [0.15, 0.2) is 72.0 Å². The van der Waals surface area contributed by atoms with Crippen LogP contribution in [0.1, 0.15) is 46.5 Å². The normalized spacial score (nSPS) is 18.2. The highest BCUT2D eigenvalue weighted by Gasteiger charge is 2.31. The highest BCUT2D eigenvalue weighted by Crippen LogP contribution is 2.39. The van der Waals surface area contributed by atoms with Crippen molar-refractivity contribution in [3.63, 3.8) is 0 Å². The number of pyridine rings is 1. The predicted molar refractivity (Wildman–Crippen MR) is 133 cm³/mol. The van der Waals surface area contributed by atoms with Crippen molar-refractivity contribution < 1.29 is 0 Å². The summed E-state index contributed by atoms with van der Waals surface area (Å²) in [4.78, 5) is 7.00. The summed E-state index contributed by atoms with van der Waals surface area (Å²) in [5.41, 5.74) is 7.46. The Morgan fingerprint density at radius 2 is 1.76 bits per heavy atom. The Bertz CT molecular complexity index is 1230. The zero-order valence-electron chi connectivity index (χ0n) is 18.9. The average molecular weight is 434 g/mol. The van der Waals surface area contributed by atoms with Gasteiger partial charge in [-0.25, -0.2) is 0 Å². The van der Waals surface area contributed by atoms with Gasteiger partial charge in [-0.15, -0.1) is 0 Å². The van der Waals surface area contributed by atoms with E-state index in [0.717, 1.165) is 55.0 Å². The Morgan fingerprint density at radius 1 is 1.00 bits per heavy atom. The van der Waals surface area contributed by atoms with Gasteiger partial charge in [0.1, 0.15) is 0 Å². The van der Waals surface area contributed by atoms with Gasteiger partial charge in [0.2, 0.25) is 0 Å². The number of allylic oxidation sites excluding steroid dienone is 1. The number of aromatic nitrogens is 1. The van der Waals surface area contributed by atoms with Gasteiger partial charge in [-0.05, 0) is 46.4 Å². The van der Waals surface area contributed by atoms with E-state index in [4.69, 9.17) is 0 Å². The van der Waals surface area contributed by atoms with Crippen molar-refractivity contribution in [1.82, 2.24) is 14.9 Å². The minimum atomic E-state index is 0.119. The maximum Gasteiger partial charge on any atom is 0.0998 e. The van der Waals surface area contributed by atoms with Gasteiger partial charge in [0, 0.05) is 32.4 Å². The quantitative estimate of drug-likeness (QED) is 0.557. The van der Waals surface area contributed by atoms with Crippen LogP contribution in [0.25, 0.3) is 11.6 Å². The van der Waals surface area contributed by atoms with Gasteiger partial charge in [-0.2, -0.15) is 10.4 Å². The third-order valence-corrected chi connectivity index (χ3v) is 6.52. The Hall–Kier alpha value is -3.75. The molecule has 0 amide bonds. The van der Waals surface area contributed by atoms with Crippen LogP contribution in [0, 0.1) is 11.3 Å². The lowest BCUT2D eigenvalue weighted by atomic mass is 9.91. The monoisotopic (exact) mass is 433 g/mol. The molecule has 2 aromatic carbocycles. The van der Waals surface area contributed by atoms with E-state index in [0.29, 0.717) is 0 Å². The average Bonchev–Trinajstić information content (AvgIpc) is 3.02. The summed E-state index contributed by atoms with van der Waals surface area (Å²) in [5, 5.41) is 16.7. The van der Waals surface area contributed by atoms with Crippen LogP contribution in [-0.2, 0) is 6.42 Å². The van der Waals surface area contributed by atoms with Gasteiger partial charge in [0.25, 0.3) is 0 Å². The summed E-state index contributed by atoms with van der Waals surface area (Å²) in [6, 6.07) is 23.5. The van der Waals surface area contributed by atoms with Gasteiger partial charge < -0.3 is 0 Å². The lowest BCUT2D eigenvalue weighted by Gasteiger charge is -2.39. The van der Waals surface area contributed by atoms with Crippen LogP contribution in [-0.4, -0.2) is 47.3 Å². The van der Waals surface area contributed by atoms with E-state index in [1.165, 1.54) is 16.7 Å². The van der Waals surface area contributed by atoms with E-state index in [1.807, 2.05) is 36.7 Å². The minimum absolute atomic E-state index is 0.119. The lowest BCUT2D eigenvalue weighted by molar-refractivity contribution is 0.112. The molecule has 33 heavy (non-hydrogen) atoms. The Kier molecular flexibility index (Phi) is 6.01. The third kappa shape index (κ3) is 4.30. The highest BCUT2D eigenvalue weighted by molar-refractivity contribution is 5.93. The van der Waals surface area contributed by atoms with Gasteiger partial charge in [-0.1, -0.05) is 61.5 Å². The lowest BCUT2D eigenvalue weighted by Crippen LogP contribution is -2.46. The molecule has 1 atom stereocenters. The molecule has 5 heteroatoms. The predicted octanol–water partition coefficient (Wildman–Crippen LogP) is 4.76. The molecular weight excluding hydrogens is 406 g/mol. The summed E-state index contributed by atoms with van der Waals surface area (Å²) < 4.78 is 0. The topological polar surface area (TPSA) is 55.5 Å². The zero-order valence-corrected chi connectivity index (χ0v) is 18.9. The molecule has 0 spiro atoms. The molecule has 1 aliphatic carbocycles. The van der Waals surface area contributed by atoms with E-state index < -0.39 is 0 Å². The molecule has 5 nitrogen and oxygen atoms in total. The molecule has 3 aromatic rings. The van der Waals surface area contributed by atoms with E-state index in [1.54, 1.807) is 0 Å². The van der Waals surface area contributed by atoms with Crippen LogP contribution in [0.2, 0.25) is 0 Å². The number of hydrogen-bond donors (Lipinski definition) is 0. The second-order valence-corrected chi connectivity index (χ2v) is 8.47. The second-order valence-electron chi connectivity index (χ2n) is 8.47. The summed E-state index contributed by atoms with van der Waals surface area (Å²) in [6.45, 7) is 5.63. The van der Waals surface area contributed by atoms with Crippen molar-refractivity contribution in [3.05, 3.63) is 100 Å². The van der Waals surface area contributed by atoms with Crippen molar-refractivity contribution in [1.29, 1.82) is 5.26 Å². The van der Waals surface area contributed by atoms with E-state index in [9.17, 15) is 5.26 Å². The first-order valence-corrected chi connectivity index (χ1v) is 11.5. The van der Waals surface area contributed by atoms with Crippen molar-refractivity contribution in [3.8, 4) is 6.07 Å². The maximum atomic E-state index is 9.84. The maximum absolute atomic E-state index is 9.84. The highest BCUT2D eigenvalue weighted by atomic mass is 15.5. The number of hydrogen-bond acceptors (Lipinski definition) is 5. The number of nitriles is 1. The fraction of sp³-hybridized carbons (Fsp3) is 0.250. The summed E-state index contributed by atoms with van der Waals surface area (Å²) in [7, 11) is 0. The molecule has 5 rings (SSSR count). The van der Waals surface area contributed by atoms with Crippen molar-refractivity contribution in [2.75, 3.05) is 26.2 Å². The number of benzene rings is 2. The Balaban J connectivity index is 1.38. The van der Waals surface area contributed by atoms with E-state index in [-0.39, 0.29) is 6.04 Å². The van der Waals surface area contributed by atoms with E-state index >= 15 is 0 Å². The molecule has 0 bridgehead atoms. The fourth-order valence-electron chi connectivity index (χ4n) is 4.71. The van der Waals surface area contributed by atoms with Gasteiger partial charge in [0.05, 0.1) is 29.6 Å². The fourth-order valence-corrected chi connectivity index (χ4v) is 4.71. The number of aryl methyl sites for hydroxylation is 1. The molecule has 0 saturated carbocycles. The third-order valence-electron chi connectivity index (χ3n) is 6.52. The SMILES string of the molecule is CCc1ccc(/C=N/N2CCN(C3c4ccccc4C=C(C#N)c4ccccc43)CC2)nc1. The second kappa shape index (κ2) is 9.40. The van der Waals surface area contributed by atoms with Crippen LogP contribution in [0.4, 0.5) is 0 Å². The molecule has 0 radical (unpaired) electrons. The summed E-state index contributed by atoms with van der Waals surface area (Å²) in [6.07, 6.45) is 6.80. The summed E-state index contributed by atoms with van der Waals surface area (Å²) >= 11 is 0. The molecule has 164 valence electrons. The van der Waals surface area contributed by atoms with Gasteiger partial charge >= 0.3 is 0 Å². The zero-order chi connectivity index (χ0) is 22.6. The first-order chi connectivity index (χ1) is 16.3. The number of hydrazone groups is 1. The van der Waals surface area contributed by atoms with Crippen LogP contribution in [0.5, 0.6) is 0 Å². The smallest absolute Gasteiger partial charge is 0.0998 e. The number of fused-ring (bicyclic) bond motifs is 2. The Labute approximate surface area is 195 Å². The van der Waals surface area contributed by atoms with Crippen molar-refractivity contribution >= 4 is 17.9 Å². The molecule has 1 unspecified atom stereocenters. The number of nitrogens with zero attached hydrogens (tertiary/aromatic N) is 5. The molecule has 1 fully saturated rings. The standard InChI is InChI=1S/C28H27N5/c1-2-21-11-12-24(30-19-21)20-31-33-15-13-32(14-16-33)28-26-9-4-3-7-22(26)17-23(18-29)25-8-5-6-10-27(25)28/h3-12,17,19-20,28H,2,13-16H2,1H3/b31-20+. The molecule has 0 N–H and O–H groups in total. The van der Waals surface area contributed by atoms with E-state index in [2.05, 4.69) is 75.5 Å². The minimum Gasteiger partial charge on any atom is -0.294 e. The molecule has 1 aliphatic heterocycles. The van der Waals surface area contributed by atoms with Gasteiger partial charge in [-0.3, -0.25) is 14.9 Å². The number of piperazine rings is 1. The molecule has 2 heterocycles. The number of rotatable bonds is 4. The van der Waals surface area contributed by atoms with Crippen LogP contribution in [0.3, 0.4) is 0 Å².